The van der Waals surface area contributed by atoms with Crippen LogP contribution in [0.25, 0.3) is 0 Å². The van der Waals surface area contributed by atoms with Crippen molar-refractivity contribution in [3.05, 3.63) is 76.9 Å². The number of rotatable bonds is 9. The number of nitrogens with one attached hydrogen (secondary N) is 1. The lowest BCUT2D eigenvalue weighted by atomic mass is 9.88. The number of nitrogens with zero attached hydrogens (tertiary/aromatic N) is 3. The second kappa shape index (κ2) is 10.3. The van der Waals surface area contributed by atoms with E-state index in [0.717, 1.165) is 36.7 Å². The Morgan fingerprint density at radius 3 is 2.63 bits per heavy atom. The normalized spacial score (nSPS) is 19.8. The first-order valence-electron chi connectivity index (χ1n) is 12.3. The summed E-state index contributed by atoms with van der Waals surface area (Å²) in [5.74, 6) is -0.690. The van der Waals surface area contributed by atoms with Crippen LogP contribution in [0.5, 0.6) is 5.75 Å². The van der Waals surface area contributed by atoms with Gasteiger partial charge in [-0.1, -0.05) is 18.2 Å². The van der Waals surface area contributed by atoms with Crippen LogP contribution in [0.1, 0.15) is 34.6 Å². The molecule has 2 aliphatic rings. The summed E-state index contributed by atoms with van der Waals surface area (Å²) < 4.78 is 88.9. The number of ether oxygens (including phenoxy) is 1. The van der Waals surface area contributed by atoms with Gasteiger partial charge in [-0.25, -0.2) is 17.5 Å². The van der Waals surface area contributed by atoms with E-state index < -0.39 is 27.6 Å². The molecule has 1 aromatic heterocycles. The van der Waals surface area contributed by atoms with Gasteiger partial charge < -0.3 is 4.74 Å². The first-order chi connectivity index (χ1) is 18.0. The van der Waals surface area contributed by atoms with Gasteiger partial charge in [0, 0.05) is 31.7 Å². The van der Waals surface area contributed by atoms with Crippen LogP contribution < -0.4 is 9.46 Å². The molecular formula is C26H28F4N4O3S. The fourth-order valence-electron chi connectivity index (χ4n) is 5.21. The topological polar surface area (TPSA) is 76.5 Å². The molecule has 2 unspecified atom stereocenters. The highest BCUT2D eigenvalue weighted by Gasteiger charge is 2.39. The van der Waals surface area contributed by atoms with Crippen molar-refractivity contribution < 1.29 is 30.7 Å². The van der Waals surface area contributed by atoms with Gasteiger partial charge in [0.15, 0.2) is 11.6 Å². The Morgan fingerprint density at radius 1 is 1.18 bits per heavy atom. The van der Waals surface area contributed by atoms with Crippen molar-refractivity contribution in [1.82, 2.24) is 19.4 Å². The van der Waals surface area contributed by atoms with Crippen molar-refractivity contribution in [3.8, 4) is 5.75 Å². The van der Waals surface area contributed by atoms with E-state index in [2.05, 4.69) is 14.7 Å². The Kier molecular flexibility index (Phi) is 7.23. The first-order valence-corrected chi connectivity index (χ1v) is 13.8. The van der Waals surface area contributed by atoms with Gasteiger partial charge in [0.05, 0.1) is 11.8 Å². The van der Waals surface area contributed by atoms with Gasteiger partial charge in [0.2, 0.25) is 10.0 Å². The number of benzene rings is 2. The molecule has 2 aromatic carbocycles. The molecule has 1 aliphatic carbocycles. The van der Waals surface area contributed by atoms with Crippen molar-refractivity contribution in [3.63, 3.8) is 0 Å². The number of hydrogen-bond acceptors (Lipinski definition) is 5. The summed E-state index contributed by atoms with van der Waals surface area (Å²) in [5, 5.41) is 3.84. The SMILES string of the molecule is Cn1cc(S(=O)(=O)NCCOc2cc3c(cc2F)CC(N2CCC2)C3Cc2cccc(C(F)(F)F)c2)cn1. The number of alkyl halides is 3. The predicted molar refractivity (Wildman–Crippen MR) is 132 cm³/mol. The summed E-state index contributed by atoms with van der Waals surface area (Å²) >= 11 is 0. The zero-order valence-electron chi connectivity index (χ0n) is 20.7. The van der Waals surface area contributed by atoms with E-state index in [1.807, 2.05) is 0 Å². The maximum Gasteiger partial charge on any atom is 0.416 e. The largest absolute Gasteiger partial charge is 0.489 e. The van der Waals surface area contributed by atoms with Gasteiger partial charge in [-0.15, -0.1) is 0 Å². The quantitative estimate of drug-likeness (QED) is 0.322. The van der Waals surface area contributed by atoms with Gasteiger partial charge in [-0.05, 0) is 67.2 Å². The molecule has 0 saturated carbocycles. The second-order valence-corrected chi connectivity index (χ2v) is 11.5. The van der Waals surface area contributed by atoms with Crippen molar-refractivity contribution in [2.24, 2.45) is 7.05 Å². The van der Waals surface area contributed by atoms with Gasteiger partial charge in [-0.3, -0.25) is 9.58 Å². The minimum absolute atomic E-state index is 0.0115. The van der Waals surface area contributed by atoms with Crippen LogP contribution in [0.15, 0.2) is 53.7 Å². The summed E-state index contributed by atoms with van der Waals surface area (Å²) in [4.78, 5) is 2.31. The molecule has 7 nitrogen and oxygen atoms in total. The average Bonchev–Trinajstić information content (AvgIpc) is 3.40. The average molecular weight is 553 g/mol. The van der Waals surface area contributed by atoms with E-state index >= 15 is 0 Å². The Hall–Kier alpha value is -2.96. The minimum atomic E-state index is -4.43. The number of aryl methyl sites for hydroxylation is 1. The second-order valence-electron chi connectivity index (χ2n) is 9.75. The molecule has 3 aromatic rings. The highest BCUT2D eigenvalue weighted by atomic mass is 32.2. The maximum absolute atomic E-state index is 14.9. The fraction of sp³-hybridized carbons (Fsp3) is 0.423. The lowest BCUT2D eigenvalue weighted by Crippen LogP contribution is -2.47. The molecule has 1 N–H and O–H groups in total. The number of sulfonamides is 1. The molecule has 38 heavy (non-hydrogen) atoms. The number of likely N-dealkylation sites (tertiary alicyclic amines) is 1. The van der Waals surface area contributed by atoms with E-state index in [-0.39, 0.29) is 35.8 Å². The first kappa shape index (κ1) is 26.6. The molecule has 5 rings (SSSR count). The van der Waals surface area contributed by atoms with E-state index in [9.17, 15) is 26.0 Å². The molecule has 0 spiro atoms. The summed E-state index contributed by atoms with van der Waals surface area (Å²) in [6, 6.07) is 8.47. The summed E-state index contributed by atoms with van der Waals surface area (Å²) in [5.41, 5.74) is 1.55. The summed E-state index contributed by atoms with van der Waals surface area (Å²) in [6.45, 7) is 1.61. The van der Waals surface area contributed by atoms with Crippen molar-refractivity contribution in [2.45, 2.75) is 42.3 Å². The minimum Gasteiger partial charge on any atom is -0.489 e. The number of halogens is 4. The van der Waals surface area contributed by atoms with Crippen LogP contribution in [0.4, 0.5) is 17.6 Å². The van der Waals surface area contributed by atoms with E-state index in [1.165, 1.54) is 35.3 Å². The molecule has 0 radical (unpaired) electrons. The van der Waals surface area contributed by atoms with Crippen LogP contribution in [-0.2, 0) is 36.1 Å². The third-order valence-corrected chi connectivity index (χ3v) is 8.62. The highest BCUT2D eigenvalue weighted by Crippen LogP contribution is 2.43. The Bertz CT molecular complexity index is 1420. The fourth-order valence-corrected chi connectivity index (χ4v) is 6.20. The molecule has 0 bridgehead atoms. The predicted octanol–water partition coefficient (Wildman–Crippen LogP) is 3.89. The van der Waals surface area contributed by atoms with Crippen LogP contribution >= 0.6 is 0 Å². The molecular weight excluding hydrogens is 524 g/mol. The smallest absolute Gasteiger partial charge is 0.416 e. The zero-order chi connectivity index (χ0) is 27.1. The van der Waals surface area contributed by atoms with E-state index in [0.29, 0.717) is 18.4 Å². The van der Waals surface area contributed by atoms with E-state index in [4.69, 9.17) is 4.74 Å². The molecule has 1 aliphatic heterocycles. The van der Waals surface area contributed by atoms with Gasteiger partial charge >= 0.3 is 6.18 Å². The molecule has 2 atom stereocenters. The molecule has 1 fully saturated rings. The highest BCUT2D eigenvalue weighted by molar-refractivity contribution is 7.89. The Labute approximate surface area is 218 Å². The summed E-state index contributed by atoms with van der Waals surface area (Å²) in [6.07, 6.45) is 0.212. The zero-order valence-corrected chi connectivity index (χ0v) is 21.5. The van der Waals surface area contributed by atoms with Gasteiger partial charge in [-0.2, -0.15) is 18.3 Å². The van der Waals surface area contributed by atoms with Crippen LogP contribution in [0.2, 0.25) is 0 Å². The maximum atomic E-state index is 14.9. The van der Waals surface area contributed by atoms with Crippen LogP contribution in [0, 0.1) is 5.82 Å². The Morgan fingerprint density at radius 2 is 1.97 bits per heavy atom. The van der Waals surface area contributed by atoms with Gasteiger partial charge in [0.25, 0.3) is 0 Å². The van der Waals surface area contributed by atoms with Crippen molar-refractivity contribution in [1.29, 1.82) is 0 Å². The van der Waals surface area contributed by atoms with Crippen LogP contribution in [-0.4, -0.2) is 55.4 Å². The van der Waals surface area contributed by atoms with E-state index in [1.54, 1.807) is 19.2 Å². The lowest BCUT2D eigenvalue weighted by Gasteiger charge is -2.39. The van der Waals surface area contributed by atoms with Crippen molar-refractivity contribution in [2.75, 3.05) is 26.2 Å². The molecule has 2 heterocycles. The van der Waals surface area contributed by atoms with Gasteiger partial charge in [0.1, 0.15) is 11.5 Å². The molecule has 0 amide bonds. The Balaban J connectivity index is 1.32. The number of aromatic nitrogens is 2. The van der Waals surface area contributed by atoms with Crippen LogP contribution in [0.3, 0.4) is 0 Å². The molecule has 12 heteroatoms. The monoisotopic (exact) mass is 552 g/mol. The standard InChI is InChI=1S/C26H28F4N4O3S/c1-33-16-20(15-31-33)38(35,36)32-6-9-37-25-14-21-18(12-23(25)27)13-24(34-7-3-8-34)22(21)11-17-4-2-5-19(10-17)26(28,29)30/h2,4-5,10,12,14-16,22,24,32H,3,6-9,11,13H2,1H3. The molecule has 1 saturated heterocycles. The lowest BCUT2D eigenvalue weighted by molar-refractivity contribution is -0.137. The van der Waals surface area contributed by atoms with Crippen molar-refractivity contribution >= 4 is 10.0 Å². The third-order valence-electron chi connectivity index (χ3n) is 7.20. The number of fused-ring (bicyclic) bond motifs is 1. The molecule has 204 valence electrons. The summed E-state index contributed by atoms with van der Waals surface area (Å²) in [7, 11) is -2.17. The third kappa shape index (κ3) is 5.57. The number of hydrogen-bond donors (Lipinski definition) is 1.